The molecule has 0 N–H and O–H groups in total. The van der Waals surface area contributed by atoms with E-state index < -0.39 is 0 Å². The van der Waals surface area contributed by atoms with E-state index in [0.29, 0.717) is 0 Å². The zero-order valence-electron chi connectivity index (χ0n) is 11.1. The standard InChI is InChI=1S/C14H16BrN3O2/c15-10-8-11-13-12(9-10)20-5-1-2-18(13)14(16-11)17-3-6-19-7-4-17/h8-9H,1-7H2. The average Bonchev–Trinajstić information content (AvgIpc) is 2.68. The molecule has 0 saturated carbocycles. The molecule has 3 heterocycles. The van der Waals surface area contributed by atoms with Crippen molar-refractivity contribution in [2.24, 2.45) is 0 Å². The first kappa shape index (κ1) is 12.5. The Balaban J connectivity index is 1.90. The molecule has 0 aliphatic carbocycles. The number of anilines is 1. The van der Waals surface area contributed by atoms with E-state index in [1.54, 1.807) is 0 Å². The van der Waals surface area contributed by atoms with Gasteiger partial charge in [0, 0.05) is 24.1 Å². The Bertz CT molecular complexity index is 649. The lowest BCUT2D eigenvalue weighted by molar-refractivity contribution is 0.121. The minimum atomic E-state index is 0.760. The number of morpholine rings is 1. The zero-order chi connectivity index (χ0) is 13.5. The van der Waals surface area contributed by atoms with Crippen LogP contribution in [0.5, 0.6) is 5.75 Å². The van der Waals surface area contributed by atoms with Gasteiger partial charge in [0.05, 0.1) is 25.3 Å². The Morgan fingerprint density at radius 2 is 1.95 bits per heavy atom. The molecule has 0 bridgehead atoms. The molecular formula is C14H16BrN3O2. The van der Waals surface area contributed by atoms with Crippen molar-refractivity contribution in [2.45, 2.75) is 13.0 Å². The highest BCUT2D eigenvalue weighted by Gasteiger charge is 2.23. The van der Waals surface area contributed by atoms with Crippen molar-refractivity contribution >= 4 is 32.9 Å². The Morgan fingerprint density at radius 1 is 1.10 bits per heavy atom. The smallest absolute Gasteiger partial charge is 0.206 e. The van der Waals surface area contributed by atoms with Crippen molar-refractivity contribution in [3.8, 4) is 5.75 Å². The summed E-state index contributed by atoms with van der Waals surface area (Å²) in [6.45, 7) is 5.07. The monoisotopic (exact) mass is 337 g/mol. The molecular weight excluding hydrogens is 322 g/mol. The van der Waals surface area contributed by atoms with Crippen LogP contribution >= 0.6 is 15.9 Å². The van der Waals surface area contributed by atoms with Gasteiger partial charge >= 0.3 is 0 Å². The van der Waals surface area contributed by atoms with Gasteiger partial charge in [0.25, 0.3) is 0 Å². The number of rotatable bonds is 1. The summed E-state index contributed by atoms with van der Waals surface area (Å²) >= 11 is 3.54. The van der Waals surface area contributed by atoms with E-state index in [9.17, 15) is 0 Å². The summed E-state index contributed by atoms with van der Waals surface area (Å²) in [5.74, 6) is 1.98. The van der Waals surface area contributed by atoms with Gasteiger partial charge in [-0.25, -0.2) is 4.98 Å². The van der Waals surface area contributed by atoms with Crippen LogP contribution in [-0.4, -0.2) is 42.5 Å². The number of imidazole rings is 1. The SMILES string of the molecule is Brc1cc2c3c(c1)nc(N1CCOCC1)n3CCCO2. The molecule has 4 rings (SSSR count). The maximum Gasteiger partial charge on any atom is 0.206 e. The molecule has 0 spiro atoms. The van der Waals surface area contributed by atoms with Crippen LogP contribution < -0.4 is 9.64 Å². The second-order valence-electron chi connectivity index (χ2n) is 5.14. The highest BCUT2D eigenvalue weighted by atomic mass is 79.9. The minimum Gasteiger partial charge on any atom is -0.491 e. The second kappa shape index (κ2) is 4.93. The Labute approximate surface area is 125 Å². The molecule has 6 heteroatoms. The first-order chi connectivity index (χ1) is 9.83. The molecule has 1 aromatic heterocycles. The fourth-order valence-electron chi connectivity index (χ4n) is 2.92. The van der Waals surface area contributed by atoms with E-state index in [2.05, 4.69) is 31.5 Å². The molecule has 5 nitrogen and oxygen atoms in total. The predicted molar refractivity (Wildman–Crippen MR) is 80.6 cm³/mol. The molecule has 2 aliphatic heterocycles. The van der Waals surface area contributed by atoms with Gasteiger partial charge in [-0.05, 0) is 18.6 Å². The normalized spacial score (nSPS) is 18.9. The molecule has 1 fully saturated rings. The maximum atomic E-state index is 5.87. The molecule has 0 radical (unpaired) electrons. The molecule has 2 aromatic rings. The summed E-state index contributed by atoms with van der Waals surface area (Å²) in [6, 6.07) is 4.10. The van der Waals surface area contributed by atoms with Gasteiger partial charge in [0.1, 0.15) is 11.3 Å². The summed E-state index contributed by atoms with van der Waals surface area (Å²) in [5.41, 5.74) is 2.12. The summed E-state index contributed by atoms with van der Waals surface area (Å²) in [6.07, 6.45) is 1.01. The van der Waals surface area contributed by atoms with Gasteiger partial charge < -0.3 is 18.9 Å². The summed E-state index contributed by atoms with van der Waals surface area (Å²) in [5, 5.41) is 0. The van der Waals surface area contributed by atoms with Crippen LogP contribution in [0, 0.1) is 0 Å². The third-order valence-electron chi connectivity index (χ3n) is 3.83. The topological polar surface area (TPSA) is 39.5 Å². The molecule has 1 aromatic carbocycles. The highest BCUT2D eigenvalue weighted by molar-refractivity contribution is 9.10. The highest BCUT2D eigenvalue weighted by Crippen LogP contribution is 2.35. The molecule has 0 amide bonds. The van der Waals surface area contributed by atoms with Gasteiger partial charge in [-0.3, -0.25) is 0 Å². The third kappa shape index (κ3) is 1.98. The van der Waals surface area contributed by atoms with Gasteiger partial charge in [0.2, 0.25) is 5.95 Å². The Morgan fingerprint density at radius 3 is 2.80 bits per heavy atom. The van der Waals surface area contributed by atoms with E-state index in [1.165, 1.54) is 0 Å². The number of aryl methyl sites for hydroxylation is 1. The molecule has 0 unspecified atom stereocenters. The number of benzene rings is 1. The fourth-order valence-corrected chi connectivity index (χ4v) is 3.34. The second-order valence-corrected chi connectivity index (χ2v) is 6.05. The zero-order valence-corrected chi connectivity index (χ0v) is 12.7. The van der Waals surface area contributed by atoms with Crippen LogP contribution in [0.2, 0.25) is 0 Å². The van der Waals surface area contributed by atoms with Crippen molar-refractivity contribution in [3.05, 3.63) is 16.6 Å². The lowest BCUT2D eigenvalue weighted by Crippen LogP contribution is -2.38. The van der Waals surface area contributed by atoms with E-state index >= 15 is 0 Å². The van der Waals surface area contributed by atoms with E-state index in [4.69, 9.17) is 14.5 Å². The van der Waals surface area contributed by atoms with E-state index in [1.807, 2.05) is 6.07 Å². The summed E-state index contributed by atoms with van der Waals surface area (Å²) < 4.78 is 14.6. The quantitative estimate of drug-likeness (QED) is 0.801. The largest absolute Gasteiger partial charge is 0.491 e. The minimum absolute atomic E-state index is 0.760. The van der Waals surface area contributed by atoms with Gasteiger partial charge in [-0.1, -0.05) is 15.9 Å². The number of hydrogen-bond acceptors (Lipinski definition) is 4. The lowest BCUT2D eigenvalue weighted by Gasteiger charge is -2.28. The molecule has 20 heavy (non-hydrogen) atoms. The molecule has 0 atom stereocenters. The van der Waals surface area contributed by atoms with Crippen molar-refractivity contribution in [3.63, 3.8) is 0 Å². The van der Waals surface area contributed by atoms with Gasteiger partial charge in [-0.15, -0.1) is 0 Å². The molecule has 2 aliphatic rings. The van der Waals surface area contributed by atoms with Crippen LogP contribution in [0.3, 0.4) is 0 Å². The first-order valence-electron chi connectivity index (χ1n) is 6.98. The third-order valence-corrected chi connectivity index (χ3v) is 4.29. The number of aromatic nitrogens is 2. The number of halogens is 1. The van der Waals surface area contributed by atoms with Gasteiger partial charge in [0.15, 0.2) is 0 Å². The van der Waals surface area contributed by atoms with Crippen LogP contribution in [-0.2, 0) is 11.3 Å². The van der Waals surface area contributed by atoms with Crippen LogP contribution in [0.4, 0.5) is 5.95 Å². The van der Waals surface area contributed by atoms with E-state index in [-0.39, 0.29) is 0 Å². The summed E-state index contributed by atoms with van der Waals surface area (Å²) in [4.78, 5) is 7.15. The molecule has 106 valence electrons. The van der Waals surface area contributed by atoms with Crippen molar-refractivity contribution in [1.29, 1.82) is 0 Å². The first-order valence-corrected chi connectivity index (χ1v) is 7.77. The van der Waals surface area contributed by atoms with Crippen molar-refractivity contribution < 1.29 is 9.47 Å². The summed E-state index contributed by atoms with van der Waals surface area (Å²) in [7, 11) is 0. The maximum absolute atomic E-state index is 5.87. The predicted octanol–water partition coefficient (Wildman–Crippen LogP) is 2.42. The average molecular weight is 338 g/mol. The number of hydrogen-bond donors (Lipinski definition) is 0. The van der Waals surface area contributed by atoms with Crippen LogP contribution in [0.15, 0.2) is 16.6 Å². The van der Waals surface area contributed by atoms with E-state index in [0.717, 1.165) is 73.1 Å². The fraction of sp³-hybridized carbons (Fsp3) is 0.500. The Kier molecular flexibility index (Phi) is 3.07. The number of nitrogens with zero attached hydrogens (tertiary/aromatic N) is 3. The lowest BCUT2D eigenvalue weighted by atomic mass is 10.3. The molecule has 1 saturated heterocycles. The van der Waals surface area contributed by atoms with Gasteiger partial charge in [-0.2, -0.15) is 0 Å². The number of ether oxygens (including phenoxy) is 2. The van der Waals surface area contributed by atoms with Crippen LogP contribution in [0.1, 0.15) is 6.42 Å². The van der Waals surface area contributed by atoms with Crippen molar-refractivity contribution in [1.82, 2.24) is 9.55 Å². The Hall–Kier alpha value is -1.27. The van der Waals surface area contributed by atoms with Crippen molar-refractivity contribution in [2.75, 3.05) is 37.8 Å². The van der Waals surface area contributed by atoms with Crippen LogP contribution in [0.25, 0.3) is 11.0 Å².